The number of hydrogen-bond acceptors (Lipinski definition) is 5. The molecule has 1 N–H and O–H groups in total. The van der Waals surface area contributed by atoms with Crippen LogP contribution in [0.3, 0.4) is 0 Å². The van der Waals surface area contributed by atoms with Crippen LogP contribution in [0.2, 0.25) is 0 Å². The Morgan fingerprint density at radius 3 is 2.06 bits per heavy atom. The van der Waals surface area contributed by atoms with E-state index >= 15 is 0 Å². The summed E-state index contributed by atoms with van der Waals surface area (Å²) >= 11 is 0. The van der Waals surface area contributed by atoms with Crippen molar-refractivity contribution in [1.29, 1.82) is 0 Å². The molecule has 1 aliphatic rings. The van der Waals surface area contributed by atoms with Gasteiger partial charge in [0, 0.05) is 26.2 Å². The van der Waals surface area contributed by atoms with Crippen molar-refractivity contribution in [2.45, 2.75) is 16.6 Å². The van der Waals surface area contributed by atoms with Gasteiger partial charge in [0.05, 0.1) is 28.4 Å². The van der Waals surface area contributed by atoms with Crippen LogP contribution in [0.1, 0.15) is 5.56 Å². The molecule has 3 rings (SSSR count). The van der Waals surface area contributed by atoms with E-state index in [2.05, 4.69) is 5.32 Å². The predicted molar refractivity (Wildman–Crippen MR) is 108 cm³/mol. The SMILES string of the molecule is O=C(CN1CCN(c2ccccc2S(=O)(=O)C(F)(F)F)CC1)Nc1ccccc1C(F)(F)F. The fraction of sp³-hybridized carbons (Fsp3) is 0.350. The molecule has 0 atom stereocenters. The minimum atomic E-state index is -5.55. The lowest BCUT2D eigenvalue weighted by molar-refractivity contribution is -0.137. The van der Waals surface area contributed by atoms with E-state index in [1.807, 2.05) is 0 Å². The Hall–Kier alpha value is -2.80. The summed E-state index contributed by atoms with van der Waals surface area (Å²) in [4.78, 5) is 14.5. The van der Waals surface area contributed by atoms with Crippen molar-refractivity contribution in [3.8, 4) is 0 Å². The molecule has 0 aliphatic carbocycles. The minimum Gasteiger partial charge on any atom is -0.368 e. The van der Waals surface area contributed by atoms with E-state index in [0.29, 0.717) is 0 Å². The Kier molecular flexibility index (Phi) is 6.93. The summed E-state index contributed by atoms with van der Waals surface area (Å²) in [5.41, 5.74) is -6.90. The van der Waals surface area contributed by atoms with E-state index < -0.39 is 37.9 Å². The number of para-hydroxylation sites is 2. The molecule has 0 saturated carbocycles. The minimum absolute atomic E-state index is 0.0990. The Morgan fingerprint density at radius 2 is 1.45 bits per heavy atom. The summed E-state index contributed by atoms with van der Waals surface area (Å²) in [5, 5.41) is 2.23. The largest absolute Gasteiger partial charge is 0.501 e. The lowest BCUT2D eigenvalue weighted by Crippen LogP contribution is -2.49. The highest BCUT2D eigenvalue weighted by Crippen LogP contribution is 2.36. The molecule has 180 valence electrons. The molecule has 1 amide bonds. The van der Waals surface area contributed by atoms with Gasteiger partial charge in [-0.3, -0.25) is 9.69 Å². The van der Waals surface area contributed by atoms with Crippen LogP contribution in [0, 0.1) is 0 Å². The highest BCUT2D eigenvalue weighted by Gasteiger charge is 2.48. The molecule has 1 saturated heterocycles. The number of rotatable bonds is 5. The second-order valence-electron chi connectivity index (χ2n) is 7.27. The number of nitrogens with zero attached hydrogens (tertiary/aromatic N) is 2. The number of nitrogens with one attached hydrogen (secondary N) is 1. The van der Waals surface area contributed by atoms with E-state index in [4.69, 9.17) is 0 Å². The van der Waals surface area contributed by atoms with Crippen molar-refractivity contribution < 1.29 is 39.6 Å². The topological polar surface area (TPSA) is 69.7 Å². The van der Waals surface area contributed by atoms with Gasteiger partial charge in [-0.1, -0.05) is 24.3 Å². The maximum atomic E-state index is 13.1. The first-order valence-electron chi connectivity index (χ1n) is 9.64. The molecule has 0 radical (unpaired) electrons. The standard InChI is InChI=1S/C20H19F6N3O3S/c21-19(22,23)14-5-1-2-6-15(14)27-18(30)13-28-9-11-29(12-10-28)16-7-3-4-8-17(16)33(31,32)20(24,25)26/h1-8H,9-13H2,(H,27,30). The summed E-state index contributed by atoms with van der Waals surface area (Å²) in [7, 11) is -5.55. The number of amides is 1. The third-order valence-electron chi connectivity index (χ3n) is 5.05. The van der Waals surface area contributed by atoms with Gasteiger partial charge in [0.15, 0.2) is 0 Å². The lowest BCUT2D eigenvalue weighted by atomic mass is 10.1. The Morgan fingerprint density at radius 1 is 0.879 bits per heavy atom. The van der Waals surface area contributed by atoms with Crippen LogP contribution >= 0.6 is 0 Å². The van der Waals surface area contributed by atoms with Gasteiger partial charge in [-0.25, -0.2) is 8.42 Å². The smallest absolute Gasteiger partial charge is 0.368 e. The van der Waals surface area contributed by atoms with Crippen molar-refractivity contribution in [2.24, 2.45) is 0 Å². The highest BCUT2D eigenvalue weighted by atomic mass is 32.2. The lowest BCUT2D eigenvalue weighted by Gasteiger charge is -2.36. The summed E-state index contributed by atoms with van der Waals surface area (Å²) in [6, 6.07) is 9.32. The van der Waals surface area contributed by atoms with Crippen molar-refractivity contribution in [1.82, 2.24) is 4.90 Å². The molecular formula is C20H19F6N3O3S. The fourth-order valence-electron chi connectivity index (χ4n) is 3.45. The first kappa shape index (κ1) is 24.8. The molecule has 0 spiro atoms. The number of alkyl halides is 6. The zero-order valence-electron chi connectivity index (χ0n) is 16.9. The van der Waals surface area contributed by atoms with Gasteiger partial charge in [-0.15, -0.1) is 0 Å². The second-order valence-corrected chi connectivity index (χ2v) is 9.18. The van der Waals surface area contributed by atoms with Crippen molar-refractivity contribution in [3.05, 3.63) is 54.1 Å². The molecule has 0 aromatic heterocycles. The summed E-state index contributed by atoms with van der Waals surface area (Å²) in [5.74, 6) is -0.680. The van der Waals surface area contributed by atoms with Gasteiger partial charge >= 0.3 is 11.7 Å². The number of anilines is 2. The Labute approximate surface area is 185 Å². The predicted octanol–water partition coefficient (Wildman–Crippen LogP) is 3.76. The van der Waals surface area contributed by atoms with Crippen molar-refractivity contribution >= 4 is 27.1 Å². The Balaban J connectivity index is 1.65. The van der Waals surface area contributed by atoms with Crippen LogP contribution in [0.15, 0.2) is 53.4 Å². The monoisotopic (exact) mass is 495 g/mol. The number of benzene rings is 2. The number of sulfone groups is 1. The normalized spacial score (nSPS) is 16.0. The number of carbonyl (C=O) groups excluding carboxylic acids is 1. The van der Waals surface area contributed by atoms with E-state index in [0.717, 1.165) is 18.2 Å². The van der Waals surface area contributed by atoms with Gasteiger partial charge < -0.3 is 10.2 Å². The van der Waals surface area contributed by atoms with Crippen molar-refractivity contribution in [2.75, 3.05) is 42.9 Å². The summed E-state index contributed by atoms with van der Waals surface area (Å²) in [6.45, 7) is 0.389. The molecule has 2 aromatic rings. The zero-order valence-corrected chi connectivity index (χ0v) is 17.8. The molecule has 1 fully saturated rings. The molecule has 13 heteroatoms. The number of piperazine rings is 1. The average molecular weight is 495 g/mol. The van der Waals surface area contributed by atoms with Gasteiger partial charge in [-0.05, 0) is 24.3 Å². The third kappa shape index (κ3) is 5.58. The van der Waals surface area contributed by atoms with Gasteiger partial charge in [-0.2, -0.15) is 26.3 Å². The molecule has 0 unspecified atom stereocenters. The Bertz CT molecular complexity index is 1110. The maximum absolute atomic E-state index is 13.1. The fourth-order valence-corrected chi connectivity index (χ4v) is 4.43. The first-order chi connectivity index (χ1) is 15.3. The van der Waals surface area contributed by atoms with Crippen molar-refractivity contribution in [3.63, 3.8) is 0 Å². The van der Waals surface area contributed by atoms with Gasteiger partial charge in [0.1, 0.15) is 0 Å². The van der Waals surface area contributed by atoms with E-state index in [9.17, 15) is 39.6 Å². The molecule has 0 bridgehead atoms. The summed E-state index contributed by atoms with van der Waals surface area (Å²) < 4.78 is 102. The number of carbonyl (C=O) groups is 1. The van der Waals surface area contributed by atoms with Crippen LogP contribution < -0.4 is 10.2 Å². The molecule has 2 aromatic carbocycles. The van der Waals surface area contributed by atoms with Gasteiger partial charge in [0.25, 0.3) is 9.84 Å². The number of hydrogen-bond donors (Lipinski definition) is 1. The van der Waals surface area contributed by atoms with Crippen LogP contribution in [-0.4, -0.2) is 57.5 Å². The zero-order chi connectivity index (χ0) is 24.4. The van der Waals surface area contributed by atoms with E-state index in [-0.39, 0.29) is 44.1 Å². The van der Waals surface area contributed by atoms with Gasteiger partial charge in [0.2, 0.25) is 5.91 Å². The molecule has 33 heavy (non-hydrogen) atoms. The van der Waals surface area contributed by atoms with Crippen LogP contribution in [0.4, 0.5) is 37.7 Å². The summed E-state index contributed by atoms with van der Waals surface area (Å²) in [6.07, 6.45) is -4.64. The molecule has 6 nitrogen and oxygen atoms in total. The molecule has 1 aliphatic heterocycles. The first-order valence-corrected chi connectivity index (χ1v) is 11.1. The highest BCUT2D eigenvalue weighted by molar-refractivity contribution is 7.92. The third-order valence-corrected chi connectivity index (χ3v) is 6.58. The molecule has 1 heterocycles. The maximum Gasteiger partial charge on any atom is 0.501 e. The van der Waals surface area contributed by atoms with Crippen LogP contribution in [0.25, 0.3) is 0 Å². The number of halogens is 6. The molecular weight excluding hydrogens is 476 g/mol. The van der Waals surface area contributed by atoms with E-state index in [1.165, 1.54) is 35.2 Å². The quantitative estimate of drug-likeness (QED) is 0.640. The second kappa shape index (κ2) is 9.21. The average Bonchev–Trinajstić information content (AvgIpc) is 2.73. The van der Waals surface area contributed by atoms with Crippen LogP contribution in [0.5, 0.6) is 0 Å². The van der Waals surface area contributed by atoms with E-state index in [1.54, 1.807) is 4.90 Å². The van der Waals surface area contributed by atoms with Crippen LogP contribution in [-0.2, 0) is 20.8 Å².